The van der Waals surface area contributed by atoms with Crippen LogP contribution in [0.1, 0.15) is 0 Å². The van der Waals surface area contributed by atoms with E-state index in [4.69, 9.17) is 4.42 Å². The number of anilines is 3. The Labute approximate surface area is 372 Å². The van der Waals surface area contributed by atoms with Gasteiger partial charge in [-0.05, 0) is 138 Å². The maximum absolute atomic E-state index is 7.06. The summed E-state index contributed by atoms with van der Waals surface area (Å²) in [5.74, 6) is 0. The number of hydrogen-bond acceptors (Lipinski definition) is 2. The summed E-state index contributed by atoms with van der Waals surface area (Å²) in [5.41, 5.74) is 16.4. The van der Waals surface area contributed by atoms with E-state index in [1.807, 2.05) is 0 Å². The van der Waals surface area contributed by atoms with Crippen LogP contribution in [-0.4, -0.2) is 0 Å². The van der Waals surface area contributed by atoms with Crippen LogP contribution in [0.15, 0.2) is 253 Å². The first-order chi connectivity index (χ1) is 31.7. The van der Waals surface area contributed by atoms with Gasteiger partial charge >= 0.3 is 0 Å². The topological polar surface area (TPSA) is 16.4 Å². The van der Waals surface area contributed by atoms with Crippen molar-refractivity contribution in [3.8, 4) is 55.6 Å². The summed E-state index contributed by atoms with van der Waals surface area (Å²) in [5, 5.41) is 7.06. The lowest BCUT2D eigenvalue weighted by molar-refractivity contribution is 0.669. The summed E-state index contributed by atoms with van der Waals surface area (Å²) >= 11 is 0. The lowest BCUT2D eigenvalue weighted by atomic mass is 9.91. The van der Waals surface area contributed by atoms with Crippen molar-refractivity contribution in [3.63, 3.8) is 0 Å². The third kappa shape index (κ3) is 6.79. The Kier molecular flexibility index (Phi) is 9.20. The minimum absolute atomic E-state index is 0.839. The molecule has 1 aromatic heterocycles. The number of furan rings is 1. The van der Waals surface area contributed by atoms with Gasteiger partial charge in [-0.1, -0.05) is 188 Å². The molecule has 0 bridgehead atoms. The molecule has 0 aliphatic carbocycles. The summed E-state index contributed by atoms with van der Waals surface area (Å²) in [4.78, 5) is 2.36. The highest BCUT2D eigenvalue weighted by atomic mass is 16.3. The zero-order chi connectivity index (χ0) is 42.4. The zero-order valence-electron chi connectivity index (χ0n) is 35.0. The molecule has 0 saturated heterocycles. The van der Waals surface area contributed by atoms with Gasteiger partial charge in [-0.25, -0.2) is 0 Å². The first-order valence-electron chi connectivity index (χ1n) is 21.9. The molecule has 0 N–H and O–H groups in total. The molecule has 64 heavy (non-hydrogen) atoms. The standard InChI is InChI=1S/C62H41NO/c1-3-16-44(17-4-1)56-34-32-52(40-59(56)45-18-5-2-6-19-45)53-33-35-57-58-26-13-27-60(62(58)64-61(57)41-53)63(54-24-11-22-48(38-54)50-30-28-42-14-7-9-20-46(42)36-50)55-25-12-23-49(39-55)51-31-29-43-15-8-10-21-47(43)37-51/h1-41H. The highest BCUT2D eigenvalue weighted by Gasteiger charge is 2.21. The van der Waals surface area contributed by atoms with Crippen LogP contribution in [0.3, 0.4) is 0 Å². The molecule has 11 aromatic carbocycles. The molecule has 0 unspecified atom stereocenters. The van der Waals surface area contributed by atoms with E-state index >= 15 is 0 Å². The Morgan fingerprint density at radius 1 is 0.266 bits per heavy atom. The number of benzene rings is 11. The smallest absolute Gasteiger partial charge is 0.159 e. The van der Waals surface area contributed by atoms with Crippen molar-refractivity contribution < 1.29 is 4.42 Å². The lowest BCUT2D eigenvalue weighted by Gasteiger charge is -2.26. The summed E-state index contributed by atoms with van der Waals surface area (Å²) in [6.45, 7) is 0. The van der Waals surface area contributed by atoms with Crippen molar-refractivity contribution in [2.45, 2.75) is 0 Å². The average Bonchev–Trinajstić information content (AvgIpc) is 3.75. The van der Waals surface area contributed by atoms with Crippen LogP contribution in [0.25, 0.3) is 99.1 Å². The second kappa shape index (κ2) is 15.8. The first-order valence-corrected chi connectivity index (χ1v) is 21.9. The Hall–Kier alpha value is -8.46. The van der Waals surface area contributed by atoms with E-state index in [1.165, 1.54) is 54.9 Å². The molecule has 12 rings (SSSR count). The van der Waals surface area contributed by atoms with Crippen molar-refractivity contribution in [1.29, 1.82) is 0 Å². The summed E-state index contributed by atoms with van der Waals surface area (Å²) in [6, 6.07) is 89.6. The van der Waals surface area contributed by atoms with Crippen molar-refractivity contribution in [1.82, 2.24) is 0 Å². The summed E-state index contributed by atoms with van der Waals surface area (Å²) < 4.78 is 7.06. The monoisotopic (exact) mass is 815 g/mol. The maximum atomic E-state index is 7.06. The number of fused-ring (bicyclic) bond motifs is 5. The Morgan fingerprint density at radius 3 is 1.36 bits per heavy atom. The second-order valence-corrected chi connectivity index (χ2v) is 16.5. The molecule has 0 radical (unpaired) electrons. The second-order valence-electron chi connectivity index (χ2n) is 16.5. The van der Waals surface area contributed by atoms with Gasteiger partial charge in [0.25, 0.3) is 0 Å². The minimum atomic E-state index is 0.839. The van der Waals surface area contributed by atoms with Gasteiger partial charge in [-0.2, -0.15) is 0 Å². The fraction of sp³-hybridized carbons (Fsp3) is 0. The van der Waals surface area contributed by atoms with Gasteiger partial charge in [0.1, 0.15) is 5.58 Å². The molecule has 0 aliphatic rings. The van der Waals surface area contributed by atoms with E-state index < -0.39 is 0 Å². The normalized spacial score (nSPS) is 11.4. The Bertz CT molecular complexity index is 3550. The van der Waals surface area contributed by atoms with Crippen molar-refractivity contribution in [3.05, 3.63) is 249 Å². The fourth-order valence-corrected chi connectivity index (χ4v) is 9.40. The molecule has 0 aliphatic heterocycles. The Balaban J connectivity index is 1.01. The van der Waals surface area contributed by atoms with Gasteiger partial charge in [-0.3, -0.25) is 0 Å². The Morgan fingerprint density at radius 2 is 0.734 bits per heavy atom. The number of nitrogens with zero attached hydrogens (tertiary/aromatic N) is 1. The molecule has 12 aromatic rings. The minimum Gasteiger partial charge on any atom is -0.454 e. The summed E-state index contributed by atoms with van der Waals surface area (Å²) in [7, 11) is 0. The third-order valence-corrected chi connectivity index (χ3v) is 12.6. The van der Waals surface area contributed by atoms with Gasteiger partial charge in [-0.15, -0.1) is 0 Å². The van der Waals surface area contributed by atoms with Crippen LogP contribution in [0, 0.1) is 0 Å². The van der Waals surface area contributed by atoms with E-state index in [0.717, 1.165) is 61.3 Å². The van der Waals surface area contributed by atoms with Crippen LogP contribution in [0.5, 0.6) is 0 Å². The van der Waals surface area contributed by atoms with E-state index in [-0.39, 0.29) is 0 Å². The lowest BCUT2D eigenvalue weighted by Crippen LogP contribution is -2.10. The van der Waals surface area contributed by atoms with Crippen LogP contribution in [-0.2, 0) is 0 Å². The fourth-order valence-electron chi connectivity index (χ4n) is 9.40. The quantitative estimate of drug-likeness (QED) is 0.152. The SMILES string of the molecule is c1ccc(-c2ccc(-c3ccc4c(c3)oc3c(N(c5cccc(-c6ccc7ccccc7c6)c5)c5cccc(-c6ccc7ccccc7c6)c5)cccc34)cc2-c2ccccc2)cc1. The highest BCUT2D eigenvalue weighted by molar-refractivity contribution is 6.11. The molecule has 0 fully saturated rings. The number of para-hydroxylation sites is 1. The van der Waals surface area contributed by atoms with E-state index in [0.29, 0.717) is 0 Å². The van der Waals surface area contributed by atoms with E-state index in [2.05, 4.69) is 254 Å². The van der Waals surface area contributed by atoms with Crippen LogP contribution in [0.2, 0.25) is 0 Å². The van der Waals surface area contributed by atoms with Gasteiger partial charge < -0.3 is 9.32 Å². The predicted molar refractivity (Wildman–Crippen MR) is 271 cm³/mol. The molecule has 0 saturated carbocycles. The van der Waals surface area contributed by atoms with E-state index in [9.17, 15) is 0 Å². The number of rotatable bonds is 8. The van der Waals surface area contributed by atoms with Crippen molar-refractivity contribution >= 4 is 60.5 Å². The highest BCUT2D eigenvalue weighted by Crippen LogP contribution is 2.45. The molecular formula is C62H41NO. The third-order valence-electron chi connectivity index (χ3n) is 12.6. The predicted octanol–water partition coefficient (Wildman–Crippen LogP) is 17.7. The van der Waals surface area contributed by atoms with Gasteiger partial charge in [0.2, 0.25) is 0 Å². The maximum Gasteiger partial charge on any atom is 0.159 e. The number of hydrogen-bond donors (Lipinski definition) is 0. The molecule has 0 atom stereocenters. The van der Waals surface area contributed by atoms with Gasteiger partial charge in [0.05, 0.1) is 5.69 Å². The summed E-state index contributed by atoms with van der Waals surface area (Å²) in [6.07, 6.45) is 0. The molecule has 300 valence electrons. The van der Waals surface area contributed by atoms with Crippen LogP contribution in [0.4, 0.5) is 17.1 Å². The average molecular weight is 816 g/mol. The van der Waals surface area contributed by atoms with Crippen molar-refractivity contribution in [2.24, 2.45) is 0 Å². The van der Waals surface area contributed by atoms with Gasteiger partial charge in [0.15, 0.2) is 5.58 Å². The largest absolute Gasteiger partial charge is 0.454 e. The van der Waals surface area contributed by atoms with E-state index in [1.54, 1.807) is 0 Å². The zero-order valence-corrected chi connectivity index (χ0v) is 35.0. The molecule has 0 amide bonds. The molecule has 2 heteroatoms. The molecular weight excluding hydrogens is 775 g/mol. The van der Waals surface area contributed by atoms with Crippen LogP contribution < -0.4 is 4.90 Å². The van der Waals surface area contributed by atoms with Crippen molar-refractivity contribution in [2.75, 3.05) is 4.90 Å². The van der Waals surface area contributed by atoms with Gasteiger partial charge in [0, 0.05) is 22.1 Å². The first kappa shape index (κ1) is 37.3. The molecule has 1 heterocycles. The van der Waals surface area contributed by atoms with Crippen LogP contribution >= 0.6 is 0 Å². The molecule has 0 spiro atoms. The molecule has 2 nitrogen and oxygen atoms in total.